The van der Waals surface area contributed by atoms with E-state index in [9.17, 15) is 10.1 Å². The molecule has 0 spiro atoms. The fourth-order valence-corrected chi connectivity index (χ4v) is 2.76. The second-order valence-electron chi connectivity index (χ2n) is 5.31. The predicted molar refractivity (Wildman–Crippen MR) is 112 cm³/mol. The van der Waals surface area contributed by atoms with Gasteiger partial charge in [0.1, 0.15) is 0 Å². The molecule has 0 saturated heterocycles. The highest BCUT2D eigenvalue weighted by atomic mass is 127. The zero-order chi connectivity index (χ0) is 17.5. The zero-order valence-electron chi connectivity index (χ0n) is 14.4. The molecule has 1 aromatic heterocycles. The number of aromatic nitrogens is 1. The van der Waals surface area contributed by atoms with Crippen LogP contribution in [0, 0.1) is 17.0 Å². The summed E-state index contributed by atoms with van der Waals surface area (Å²) in [6.45, 7) is 5.90. The summed E-state index contributed by atoms with van der Waals surface area (Å²) in [5, 5.41) is 17.0. The molecule has 0 aliphatic rings. The van der Waals surface area contributed by atoms with E-state index in [1.54, 1.807) is 23.5 Å². The highest BCUT2D eigenvalue weighted by Gasteiger charge is 2.09. The standard InChI is InChI=1S/C16H21N5O2S.HI/c1-4-17-16(20(3)10-14-11-24-12(2)19-14)18-9-13-5-7-15(8-6-13)21(22)23;/h5-8,11H,4,9-10H2,1-3H3,(H,17,18);1H. The minimum Gasteiger partial charge on any atom is -0.357 e. The van der Waals surface area contributed by atoms with Crippen molar-refractivity contribution in [2.45, 2.75) is 26.9 Å². The fourth-order valence-electron chi connectivity index (χ4n) is 2.16. The van der Waals surface area contributed by atoms with Gasteiger partial charge in [-0.2, -0.15) is 0 Å². The molecule has 1 aromatic carbocycles. The average molecular weight is 475 g/mol. The van der Waals surface area contributed by atoms with Gasteiger partial charge in [-0.05, 0) is 19.4 Å². The summed E-state index contributed by atoms with van der Waals surface area (Å²) in [6, 6.07) is 6.46. The molecule has 0 bridgehead atoms. The lowest BCUT2D eigenvalue weighted by atomic mass is 10.2. The Morgan fingerprint density at radius 1 is 1.40 bits per heavy atom. The van der Waals surface area contributed by atoms with E-state index in [4.69, 9.17) is 0 Å². The van der Waals surface area contributed by atoms with E-state index in [2.05, 4.69) is 15.3 Å². The van der Waals surface area contributed by atoms with E-state index in [1.165, 1.54) is 12.1 Å². The van der Waals surface area contributed by atoms with Crippen LogP contribution in [0.25, 0.3) is 0 Å². The second-order valence-corrected chi connectivity index (χ2v) is 6.37. The number of nitrogens with zero attached hydrogens (tertiary/aromatic N) is 4. The molecule has 0 aliphatic heterocycles. The maximum Gasteiger partial charge on any atom is 0.269 e. The minimum absolute atomic E-state index is 0. The fraction of sp³-hybridized carbons (Fsp3) is 0.375. The van der Waals surface area contributed by atoms with E-state index in [0.29, 0.717) is 13.1 Å². The SMILES string of the molecule is CCNC(=NCc1ccc([N+](=O)[O-])cc1)N(C)Cc1csc(C)n1.I. The van der Waals surface area contributed by atoms with Crippen LogP contribution in [-0.4, -0.2) is 34.4 Å². The van der Waals surface area contributed by atoms with E-state index < -0.39 is 4.92 Å². The van der Waals surface area contributed by atoms with Crippen molar-refractivity contribution in [2.75, 3.05) is 13.6 Å². The first-order valence-electron chi connectivity index (χ1n) is 7.63. The average Bonchev–Trinajstić information content (AvgIpc) is 2.96. The highest BCUT2D eigenvalue weighted by Crippen LogP contribution is 2.13. The Labute approximate surface area is 168 Å². The Hall–Kier alpha value is -1.75. The largest absolute Gasteiger partial charge is 0.357 e. The number of thiazole rings is 1. The molecule has 25 heavy (non-hydrogen) atoms. The summed E-state index contributed by atoms with van der Waals surface area (Å²) >= 11 is 1.63. The lowest BCUT2D eigenvalue weighted by Gasteiger charge is -2.21. The van der Waals surface area contributed by atoms with Crippen LogP contribution in [0.3, 0.4) is 0 Å². The number of non-ortho nitro benzene ring substituents is 1. The molecule has 9 heteroatoms. The number of nitro benzene ring substituents is 1. The first kappa shape index (κ1) is 21.3. The molecule has 1 heterocycles. The van der Waals surface area contributed by atoms with Gasteiger partial charge in [-0.15, -0.1) is 35.3 Å². The number of hydrogen-bond donors (Lipinski definition) is 1. The first-order valence-corrected chi connectivity index (χ1v) is 8.51. The van der Waals surface area contributed by atoms with Gasteiger partial charge in [-0.1, -0.05) is 12.1 Å². The van der Waals surface area contributed by atoms with Crippen LogP contribution in [0.5, 0.6) is 0 Å². The van der Waals surface area contributed by atoms with E-state index in [0.717, 1.165) is 28.8 Å². The topological polar surface area (TPSA) is 83.7 Å². The number of hydrogen-bond acceptors (Lipinski definition) is 5. The Morgan fingerprint density at radius 3 is 2.60 bits per heavy atom. The molecule has 0 unspecified atom stereocenters. The molecule has 0 atom stereocenters. The van der Waals surface area contributed by atoms with Crippen LogP contribution in [0.1, 0.15) is 23.2 Å². The Morgan fingerprint density at radius 2 is 2.08 bits per heavy atom. The number of nitro groups is 1. The normalized spacial score (nSPS) is 10.9. The number of nitrogens with one attached hydrogen (secondary N) is 1. The minimum atomic E-state index is -0.402. The summed E-state index contributed by atoms with van der Waals surface area (Å²) in [4.78, 5) is 21.4. The number of guanidine groups is 1. The molecule has 136 valence electrons. The maximum atomic E-state index is 10.7. The van der Waals surface area contributed by atoms with E-state index in [1.807, 2.05) is 31.2 Å². The predicted octanol–water partition coefficient (Wildman–Crippen LogP) is 3.58. The quantitative estimate of drug-likeness (QED) is 0.227. The van der Waals surface area contributed by atoms with Crippen LogP contribution < -0.4 is 5.32 Å². The highest BCUT2D eigenvalue weighted by molar-refractivity contribution is 14.0. The van der Waals surface area contributed by atoms with Crippen molar-refractivity contribution in [3.63, 3.8) is 0 Å². The zero-order valence-corrected chi connectivity index (χ0v) is 17.6. The number of halogens is 1. The summed E-state index contributed by atoms with van der Waals surface area (Å²) in [6.07, 6.45) is 0. The van der Waals surface area contributed by atoms with Crippen LogP contribution in [0.4, 0.5) is 5.69 Å². The summed E-state index contributed by atoms with van der Waals surface area (Å²) in [5.74, 6) is 0.779. The van der Waals surface area contributed by atoms with Gasteiger partial charge in [0.2, 0.25) is 0 Å². The van der Waals surface area contributed by atoms with Gasteiger partial charge >= 0.3 is 0 Å². The van der Waals surface area contributed by atoms with Crippen molar-refractivity contribution in [3.8, 4) is 0 Å². The van der Waals surface area contributed by atoms with Crippen molar-refractivity contribution in [1.82, 2.24) is 15.2 Å². The van der Waals surface area contributed by atoms with E-state index >= 15 is 0 Å². The van der Waals surface area contributed by atoms with Gasteiger partial charge in [0.05, 0.1) is 28.7 Å². The van der Waals surface area contributed by atoms with Crippen LogP contribution >= 0.6 is 35.3 Å². The smallest absolute Gasteiger partial charge is 0.269 e. The van der Waals surface area contributed by atoms with Gasteiger partial charge < -0.3 is 10.2 Å². The third kappa shape index (κ3) is 6.58. The van der Waals surface area contributed by atoms with E-state index in [-0.39, 0.29) is 29.7 Å². The first-order chi connectivity index (χ1) is 11.5. The number of aliphatic imine (C=N–C) groups is 1. The Kier molecular flexibility index (Phi) is 8.76. The molecule has 1 N–H and O–H groups in total. The Bertz CT molecular complexity index is 718. The number of benzene rings is 1. The van der Waals surface area contributed by atoms with Crippen molar-refractivity contribution < 1.29 is 4.92 Å². The molecule has 0 amide bonds. The van der Waals surface area contributed by atoms with Gasteiger partial charge in [-0.3, -0.25) is 10.1 Å². The molecule has 2 rings (SSSR count). The molecular weight excluding hydrogens is 453 g/mol. The molecule has 0 radical (unpaired) electrons. The third-order valence-electron chi connectivity index (χ3n) is 3.32. The third-order valence-corrected chi connectivity index (χ3v) is 4.14. The lowest BCUT2D eigenvalue weighted by molar-refractivity contribution is -0.384. The van der Waals surface area contributed by atoms with Crippen molar-refractivity contribution in [3.05, 3.63) is 56.0 Å². The number of aryl methyl sites for hydroxylation is 1. The molecule has 7 nitrogen and oxygen atoms in total. The van der Waals surface area contributed by atoms with Gasteiger partial charge in [0.25, 0.3) is 5.69 Å². The van der Waals surface area contributed by atoms with Crippen LogP contribution in [-0.2, 0) is 13.1 Å². The van der Waals surface area contributed by atoms with Crippen molar-refractivity contribution >= 4 is 47.0 Å². The van der Waals surface area contributed by atoms with Crippen LogP contribution in [0.2, 0.25) is 0 Å². The van der Waals surface area contributed by atoms with Crippen molar-refractivity contribution in [1.29, 1.82) is 0 Å². The van der Waals surface area contributed by atoms with Crippen molar-refractivity contribution in [2.24, 2.45) is 4.99 Å². The second kappa shape index (κ2) is 10.3. The Balaban J connectivity index is 0.00000312. The van der Waals surface area contributed by atoms with Crippen LogP contribution in [0.15, 0.2) is 34.6 Å². The summed E-state index contributed by atoms with van der Waals surface area (Å²) in [5.41, 5.74) is 2.03. The number of rotatable bonds is 6. The summed E-state index contributed by atoms with van der Waals surface area (Å²) < 4.78 is 0. The molecule has 0 fully saturated rings. The molecular formula is C16H22IN5O2S. The maximum absolute atomic E-state index is 10.7. The van der Waals surface area contributed by atoms with Gasteiger partial charge in [0, 0.05) is 31.1 Å². The molecule has 0 saturated carbocycles. The van der Waals surface area contributed by atoms with Gasteiger partial charge in [0.15, 0.2) is 5.96 Å². The van der Waals surface area contributed by atoms with Gasteiger partial charge in [-0.25, -0.2) is 9.98 Å². The molecule has 0 aliphatic carbocycles. The summed E-state index contributed by atoms with van der Waals surface area (Å²) in [7, 11) is 1.96. The monoisotopic (exact) mass is 475 g/mol. The molecule has 2 aromatic rings. The lowest BCUT2D eigenvalue weighted by Crippen LogP contribution is -2.38.